The van der Waals surface area contributed by atoms with E-state index in [9.17, 15) is 9.59 Å². The summed E-state index contributed by atoms with van der Waals surface area (Å²) in [6.07, 6.45) is 0.285. The Morgan fingerprint density at radius 1 is 1.15 bits per heavy atom. The van der Waals surface area contributed by atoms with Gasteiger partial charge in [-0.05, 0) is 18.3 Å². The zero-order valence-corrected chi connectivity index (χ0v) is 7.73. The van der Waals surface area contributed by atoms with E-state index in [1.165, 1.54) is 0 Å². The highest BCUT2D eigenvalue weighted by molar-refractivity contribution is 5.78. The molecule has 4 nitrogen and oxygen atoms in total. The van der Waals surface area contributed by atoms with Gasteiger partial charge in [-0.2, -0.15) is 0 Å². The third-order valence-electron chi connectivity index (χ3n) is 2.84. The van der Waals surface area contributed by atoms with Crippen molar-refractivity contribution in [1.82, 2.24) is 0 Å². The lowest BCUT2D eigenvalue weighted by atomic mass is 9.60. The first-order valence-corrected chi connectivity index (χ1v) is 4.40. The molecule has 0 bridgehead atoms. The van der Waals surface area contributed by atoms with Crippen LogP contribution in [-0.2, 0) is 9.59 Å². The number of hydrogen-bond acceptors (Lipinski definition) is 2. The van der Waals surface area contributed by atoms with Crippen LogP contribution in [0.3, 0.4) is 0 Å². The molecule has 1 aliphatic rings. The molecule has 13 heavy (non-hydrogen) atoms. The zero-order chi connectivity index (χ0) is 10.2. The highest BCUT2D eigenvalue weighted by Gasteiger charge is 2.50. The molecule has 2 N–H and O–H groups in total. The quantitative estimate of drug-likeness (QED) is 0.691. The van der Waals surface area contributed by atoms with Crippen LogP contribution in [0.2, 0.25) is 0 Å². The summed E-state index contributed by atoms with van der Waals surface area (Å²) in [4.78, 5) is 21.3. The highest BCUT2D eigenvalue weighted by Crippen LogP contribution is 2.45. The van der Waals surface area contributed by atoms with E-state index in [0.29, 0.717) is 0 Å². The van der Waals surface area contributed by atoms with E-state index in [2.05, 4.69) is 0 Å². The summed E-state index contributed by atoms with van der Waals surface area (Å²) in [5, 5.41) is 17.5. The van der Waals surface area contributed by atoms with Crippen LogP contribution in [0.4, 0.5) is 0 Å². The zero-order valence-electron chi connectivity index (χ0n) is 7.73. The molecule has 0 saturated heterocycles. The van der Waals surface area contributed by atoms with Crippen LogP contribution in [0.15, 0.2) is 0 Å². The van der Waals surface area contributed by atoms with E-state index >= 15 is 0 Å². The van der Waals surface area contributed by atoms with Crippen LogP contribution in [0.25, 0.3) is 0 Å². The van der Waals surface area contributed by atoms with Gasteiger partial charge in [-0.15, -0.1) is 0 Å². The molecule has 1 aliphatic carbocycles. The first-order valence-electron chi connectivity index (χ1n) is 4.40. The molecule has 0 aliphatic heterocycles. The van der Waals surface area contributed by atoms with Gasteiger partial charge in [0, 0.05) is 0 Å². The van der Waals surface area contributed by atoms with E-state index in [1.54, 1.807) is 0 Å². The van der Waals surface area contributed by atoms with E-state index in [-0.39, 0.29) is 18.3 Å². The normalized spacial score (nSPS) is 32.7. The highest BCUT2D eigenvalue weighted by atomic mass is 16.4. The van der Waals surface area contributed by atoms with Crippen LogP contribution in [0, 0.1) is 23.7 Å². The van der Waals surface area contributed by atoms with Crippen LogP contribution in [-0.4, -0.2) is 22.2 Å². The minimum absolute atomic E-state index is 0.121. The fourth-order valence-electron chi connectivity index (χ4n) is 2.13. The lowest BCUT2D eigenvalue weighted by Gasteiger charge is -2.42. The Labute approximate surface area is 76.6 Å². The standard InChI is InChI=1S/C9H14O4/c1-4(2)7-5(8(10)11)3-6(7)9(12)13/h4-7H,3H2,1-2H3,(H,10,11)(H,12,13). The Bertz CT molecular complexity index is 214. The third kappa shape index (κ3) is 1.66. The van der Waals surface area contributed by atoms with Crippen LogP contribution < -0.4 is 0 Å². The Morgan fingerprint density at radius 3 is 1.77 bits per heavy atom. The second-order valence-electron chi connectivity index (χ2n) is 3.95. The van der Waals surface area contributed by atoms with E-state index < -0.39 is 23.8 Å². The van der Waals surface area contributed by atoms with Crippen molar-refractivity contribution in [3.8, 4) is 0 Å². The van der Waals surface area contributed by atoms with E-state index in [4.69, 9.17) is 10.2 Å². The van der Waals surface area contributed by atoms with Gasteiger partial charge in [0.2, 0.25) is 0 Å². The van der Waals surface area contributed by atoms with Gasteiger partial charge in [-0.3, -0.25) is 9.59 Å². The first-order chi connectivity index (χ1) is 5.95. The number of rotatable bonds is 3. The van der Waals surface area contributed by atoms with Gasteiger partial charge in [0.1, 0.15) is 0 Å². The number of carboxylic acid groups (broad SMARTS) is 2. The molecule has 74 valence electrons. The average molecular weight is 186 g/mol. The van der Waals surface area contributed by atoms with Crippen molar-refractivity contribution in [3.63, 3.8) is 0 Å². The number of aliphatic carboxylic acids is 2. The first kappa shape index (κ1) is 10.0. The molecule has 0 radical (unpaired) electrons. The van der Waals surface area contributed by atoms with Crippen LogP contribution in [0.5, 0.6) is 0 Å². The smallest absolute Gasteiger partial charge is 0.306 e. The maximum absolute atomic E-state index is 10.7. The van der Waals surface area contributed by atoms with Crippen LogP contribution in [0.1, 0.15) is 20.3 Å². The fourth-order valence-corrected chi connectivity index (χ4v) is 2.13. The molecule has 0 aromatic carbocycles. The molecule has 2 atom stereocenters. The molecule has 4 heteroatoms. The summed E-state index contributed by atoms with van der Waals surface area (Å²) in [7, 11) is 0. The van der Waals surface area contributed by atoms with Crippen molar-refractivity contribution < 1.29 is 19.8 Å². The lowest BCUT2D eigenvalue weighted by Crippen LogP contribution is -2.47. The molecule has 0 amide bonds. The van der Waals surface area contributed by atoms with Gasteiger partial charge in [0.15, 0.2) is 0 Å². The van der Waals surface area contributed by atoms with Crippen molar-refractivity contribution >= 4 is 11.9 Å². The number of carboxylic acids is 2. The van der Waals surface area contributed by atoms with Crippen molar-refractivity contribution in [2.75, 3.05) is 0 Å². The fraction of sp³-hybridized carbons (Fsp3) is 0.778. The summed E-state index contributed by atoms with van der Waals surface area (Å²) in [6.45, 7) is 3.74. The Balaban J connectivity index is 2.68. The molecule has 0 spiro atoms. The maximum atomic E-state index is 10.7. The van der Waals surface area contributed by atoms with Gasteiger partial charge in [0.05, 0.1) is 11.8 Å². The van der Waals surface area contributed by atoms with Crippen molar-refractivity contribution in [2.24, 2.45) is 23.7 Å². The Hall–Kier alpha value is -1.06. The largest absolute Gasteiger partial charge is 0.481 e. The molecule has 1 saturated carbocycles. The molecule has 0 aromatic heterocycles. The SMILES string of the molecule is CC(C)C1C(C(=O)O)CC1C(=O)O. The molecule has 2 unspecified atom stereocenters. The summed E-state index contributed by atoms with van der Waals surface area (Å²) in [5.41, 5.74) is 0. The molecular formula is C9H14O4. The molecule has 1 fully saturated rings. The minimum Gasteiger partial charge on any atom is -0.481 e. The van der Waals surface area contributed by atoms with Gasteiger partial charge in [0.25, 0.3) is 0 Å². The van der Waals surface area contributed by atoms with E-state index in [0.717, 1.165) is 0 Å². The number of carbonyl (C=O) groups is 2. The Kier molecular flexibility index (Phi) is 2.59. The lowest BCUT2D eigenvalue weighted by molar-refractivity contribution is -0.164. The van der Waals surface area contributed by atoms with Crippen molar-refractivity contribution in [2.45, 2.75) is 20.3 Å². The number of hydrogen-bond donors (Lipinski definition) is 2. The summed E-state index contributed by atoms with van der Waals surface area (Å²) < 4.78 is 0. The van der Waals surface area contributed by atoms with Crippen LogP contribution >= 0.6 is 0 Å². The van der Waals surface area contributed by atoms with Gasteiger partial charge < -0.3 is 10.2 Å². The van der Waals surface area contributed by atoms with Gasteiger partial charge >= 0.3 is 11.9 Å². The predicted molar refractivity (Wildman–Crippen MR) is 45.2 cm³/mol. The summed E-state index contributed by atoms with van der Waals surface area (Å²) >= 11 is 0. The van der Waals surface area contributed by atoms with Crippen molar-refractivity contribution in [1.29, 1.82) is 0 Å². The molecular weight excluding hydrogens is 172 g/mol. The molecule has 0 heterocycles. The third-order valence-corrected chi connectivity index (χ3v) is 2.84. The summed E-state index contributed by atoms with van der Waals surface area (Å²) in [6, 6.07) is 0. The minimum atomic E-state index is -0.865. The van der Waals surface area contributed by atoms with Crippen molar-refractivity contribution in [3.05, 3.63) is 0 Å². The maximum Gasteiger partial charge on any atom is 0.306 e. The molecule has 1 rings (SSSR count). The second kappa shape index (κ2) is 3.36. The second-order valence-corrected chi connectivity index (χ2v) is 3.95. The molecule has 0 aromatic rings. The predicted octanol–water partition coefficient (Wildman–Crippen LogP) is 1.06. The van der Waals surface area contributed by atoms with Gasteiger partial charge in [-0.25, -0.2) is 0 Å². The average Bonchev–Trinajstić information content (AvgIpc) is 1.79. The van der Waals surface area contributed by atoms with Gasteiger partial charge in [-0.1, -0.05) is 13.8 Å². The topological polar surface area (TPSA) is 74.6 Å². The van der Waals surface area contributed by atoms with E-state index in [1.807, 2.05) is 13.8 Å². The summed E-state index contributed by atoms with van der Waals surface area (Å²) in [5.74, 6) is -2.72. The monoisotopic (exact) mass is 186 g/mol. The Morgan fingerprint density at radius 2 is 1.54 bits per heavy atom.